The molecule has 0 spiro atoms. The van der Waals surface area contributed by atoms with Gasteiger partial charge in [0, 0.05) is 122 Å². The van der Waals surface area contributed by atoms with Gasteiger partial charge in [-0.1, -0.05) is 157 Å². The zero-order chi connectivity index (χ0) is 77.9. The molecular formula is C98H96N10S2. The van der Waals surface area contributed by atoms with E-state index < -0.39 is 0 Å². The first kappa shape index (κ1) is 82.9. The lowest BCUT2D eigenvalue weighted by Crippen LogP contribution is -1.80. The summed E-state index contributed by atoms with van der Waals surface area (Å²) >= 11 is 3.52. The van der Waals surface area contributed by atoms with E-state index in [0.29, 0.717) is 0 Å². The number of benzene rings is 7. The number of para-hydroxylation sites is 4. The van der Waals surface area contributed by atoms with E-state index in [0.717, 1.165) is 50.0 Å². The minimum atomic E-state index is 1.07. The van der Waals surface area contributed by atoms with Crippen molar-refractivity contribution in [3.8, 4) is 0 Å². The first-order chi connectivity index (χ1) is 53.5. The average molecular weight is 1480 g/mol. The summed E-state index contributed by atoms with van der Waals surface area (Å²) in [5.74, 6) is 0. The molecule has 0 fully saturated rings. The quantitative estimate of drug-likeness (QED) is 0.145. The molecule has 0 bridgehead atoms. The van der Waals surface area contributed by atoms with Gasteiger partial charge in [0.25, 0.3) is 0 Å². The van der Waals surface area contributed by atoms with Crippen molar-refractivity contribution in [2.45, 2.75) is 83.1 Å². The molecule has 0 amide bonds. The van der Waals surface area contributed by atoms with Crippen molar-refractivity contribution in [2.75, 3.05) is 0 Å². The van der Waals surface area contributed by atoms with Gasteiger partial charge in [-0.3, -0.25) is 49.8 Å². The average Bonchev–Trinajstić information content (AvgIpc) is 0.911. The number of thiophene rings is 2. The molecule has 12 heterocycles. The van der Waals surface area contributed by atoms with Crippen molar-refractivity contribution in [1.82, 2.24) is 49.8 Å². The van der Waals surface area contributed by atoms with Gasteiger partial charge < -0.3 is 0 Å². The van der Waals surface area contributed by atoms with Crippen LogP contribution in [-0.2, 0) is 0 Å². The summed E-state index contributed by atoms with van der Waals surface area (Å²) in [6.07, 6.45) is 20.0. The number of rotatable bonds is 0. The lowest BCUT2D eigenvalue weighted by atomic mass is 10.1. The maximum Gasteiger partial charge on any atom is 0.0731 e. The Morgan fingerprint density at radius 1 is 0.236 bits per heavy atom. The number of hydrogen-bond acceptors (Lipinski definition) is 12. The van der Waals surface area contributed by atoms with Crippen molar-refractivity contribution in [1.29, 1.82) is 0 Å². The fourth-order valence-electron chi connectivity index (χ4n) is 10.5. The standard InChI is InChI=1S/7C10H9N.3C6H7N.2C5H6S/c1-8-4-2-6-10-9(8)5-3-7-11-10;1-8-4-2-5-9-6-3-7-11-10(8)9;1-8-4-5-10-9(7-8)3-2-6-11-10;1-8-4-5-9-3-2-6-11-10(9)7-8;1-8-6-9-4-2-3-5-10(9)11-7-8;1-8-6-7-11-10-5-3-2-4-9(8)10;1-8-6-7-9-4-2-3-5-10(9)11-8;1-6-2-4-7-5-3-6;1-6-3-2-4-7-5-6;1-6-4-2-3-5-7-6;1-5-2-3-6-4-5;1-5-3-2-4-6-5/h7*2-7H,1H3;3*2-5H,1H3;2*2-4H,1H3. The molecule has 7 aromatic carbocycles. The fourth-order valence-corrected chi connectivity index (χ4v) is 11.7. The molecule has 12 aromatic heterocycles. The molecule has 0 radical (unpaired) electrons. The van der Waals surface area contributed by atoms with E-state index in [1.54, 1.807) is 47.5 Å². The highest BCUT2D eigenvalue weighted by molar-refractivity contribution is 7.09. The van der Waals surface area contributed by atoms with Crippen LogP contribution in [0.4, 0.5) is 0 Å². The zero-order valence-corrected chi connectivity index (χ0v) is 66.6. The number of hydrogen-bond donors (Lipinski definition) is 0. The normalized spacial score (nSPS) is 9.82. The fraction of sp³-hybridized carbons (Fsp3) is 0.122. The lowest BCUT2D eigenvalue weighted by Gasteiger charge is -1.97. The van der Waals surface area contributed by atoms with Gasteiger partial charge in [0.15, 0.2) is 0 Å². The summed E-state index contributed by atoms with van der Waals surface area (Å²) in [5, 5.41) is 14.8. The molecule has 19 aromatic rings. The summed E-state index contributed by atoms with van der Waals surface area (Å²) < 4.78 is 0. The highest BCUT2D eigenvalue weighted by Gasteiger charge is 1.99. The van der Waals surface area contributed by atoms with E-state index in [4.69, 9.17) is 0 Å². The Labute approximate surface area is 657 Å². The predicted octanol–water partition coefficient (Wildman–Crippen LogP) is 26.1. The second-order valence-electron chi connectivity index (χ2n) is 25.7. The van der Waals surface area contributed by atoms with Gasteiger partial charge in [-0.05, 0) is 271 Å². The third-order valence-electron chi connectivity index (χ3n) is 16.3. The van der Waals surface area contributed by atoms with E-state index in [2.05, 4.69) is 249 Å². The SMILES string of the molecule is Cc1ccc2ccccc2n1.Cc1ccc2cccnc2c1.Cc1ccc2ncccc2c1.Cc1cccc2cccnc12.Cc1cccc2ncccc12.Cc1ccccn1.Cc1cccnc1.Cc1cccs1.Cc1ccnc2ccccc12.Cc1ccncc1.Cc1ccsc1.Cc1cnc2ccccc2c1. The number of aromatic nitrogens is 10. The Morgan fingerprint density at radius 2 is 0.764 bits per heavy atom. The Balaban J connectivity index is 0.000000152. The van der Waals surface area contributed by atoms with E-state index in [1.165, 1.54) is 92.7 Å². The molecule has 0 unspecified atom stereocenters. The van der Waals surface area contributed by atoms with Crippen LogP contribution in [0.3, 0.4) is 0 Å². The molecule has 0 aliphatic carbocycles. The Bertz CT molecular complexity index is 5140. The van der Waals surface area contributed by atoms with Crippen molar-refractivity contribution < 1.29 is 0 Å². The van der Waals surface area contributed by atoms with E-state index in [1.807, 2.05) is 223 Å². The molecule has 0 N–H and O–H groups in total. The van der Waals surface area contributed by atoms with Crippen LogP contribution in [0.5, 0.6) is 0 Å². The Kier molecular flexibility index (Phi) is 34.9. The molecular weight excluding hydrogens is 1380 g/mol. The maximum absolute atomic E-state index is 4.38. The van der Waals surface area contributed by atoms with Crippen LogP contribution in [0, 0.1) is 83.1 Å². The summed E-state index contributed by atoms with van der Waals surface area (Å²) in [4.78, 5) is 43.0. The zero-order valence-electron chi connectivity index (χ0n) is 64.9. The number of pyridine rings is 10. The molecule has 0 atom stereocenters. The number of nitrogens with zero attached hydrogens (tertiary/aromatic N) is 10. The monoisotopic (exact) mass is 1480 g/mol. The first-order valence-electron chi connectivity index (χ1n) is 36.3. The number of fused-ring (bicyclic) bond motifs is 7. The molecule has 0 aliphatic heterocycles. The molecule has 12 heteroatoms. The lowest BCUT2D eigenvalue weighted by molar-refractivity contribution is 1.20. The Hall–Kier alpha value is -12.7. The van der Waals surface area contributed by atoms with Gasteiger partial charge >= 0.3 is 0 Å². The van der Waals surface area contributed by atoms with Crippen LogP contribution in [0.25, 0.3) is 76.3 Å². The van der Waals surface area contributed by atoms with Crippen molar-refractivity contribution in [2.24, 2.45) is 0 Å². The van der Waals surface area contributed by atoms with Crippen LogP contribution < -0.4 is 0 Å². The summed E-state index contributed by atoms with van der Waals surface area (Å²) in [5.41, 5.74) is 21.1. The highest BCUT2D eigenvalue weighted by Crippen LogP contribution is 2.19. The summed E-state index contributed by atoms with van der Waals surface area (Å²) in [7, 11) is 0. The second kappa shape index (κ2) is 46.4. The van der Waals surface area contributed by atoms with Gasteiger partial charge in [-0.25, -0.2) is 0 Å². The maximum atomic E-state index is 4.38. The first-order valence-corrected chi connectivity index (χ1v) is 38.1. The highest BCUT2D eigenvalue weighted by atomic mass is 32.1. The molecule has 110 heavy (non-hydrogen) atoms. The molecule has 0 saturated heterocycles. The van der Waals surface area contributed by atoms with Gasteiger partial charge in [-0.2, -0.15) is 11.3 Å². The van der Waals surface area contributed by atoms with Crippen molar-refractivity contribution >= 4 is 99.0 Å². The summed E-state index contributed by atoms with van der Waals surface area (Å²) in [6.45, 7) is 24.7. The van der Waals surface area contributed by atoms with Crippen LogP contribution in [0.15, 0.2) is 363 Å². The third kappa shape index (κ3) is 29.9. The molecule has 19 rings (SSSR count). The van der Waals surface area contributed by atoms with Gasteiger partial charge in [0.2, 0.25) is 0 Å². The van der Waals surface area contributed by atoms with E-state index in [-0.39, 0.29) is 0 Å². The van der Waals surface area contributed by atoms with Crippen LogP contribution >= 0.6 is 22.7 Å². The van der Waals surface area contributed by atoms with Gasteiger partial charge in [0.1, 0.15) is 0 Å². The van der Waals surface area contributed by atoms with Crippen LogP contribution in [0.2, 0.25) is 0 Å². The summed E-state index contributed by atoms with van der Waals surface area (Å²) in [6, 6.07) is 93.8. The molecule has 10 nitrogen and oxygen atoms in total. The van der Waals surface area contributed by atoms with E-state index in [9.17, 15) is 0 Å². The molecule has 550 valence electrons. The minimum Gasteiger partial charge on any atom is -0.265 e. The smallest absolute Gasteiger partial charge is 0.0731 e. The topological polar surface area (TPSA) is 129 Å². The molecule has 0 aliphatic rings. The van der Waals surface area contributed by atoms with Crippen molar-refractivity contribution in [3.05, 3.63) is 430 Å². The van der Waals surface area contributed by atoms with Gasteiger partial charge in [0.05, 0.1) is 38.6 Å². The third-order valence-corrected chi connectivity index (χ3v) is 17.9. The second-order valence-corrected chi connectivity index (χ2v) is 27.7. The molecule has 0 saturated carbocycles. The Morgan fingerprint density at radius 3 is 1.36 bits per heavy atom. The number of aryl methyl sites for hydroxylation is 12. The minimum absolute atomic E-state index is 1.07. The van der Waals surface area contributed by atoms with Crippen LogP contribution in [-0.4, -0.2) is 49.8 Å². The van der Waals surface area contributed by atoms with E-state index >= 15 is 0 Å². The van der Waals surface area contributed by atoms with Crippen molar-refractivity contribution in [3.63, 3.8) is 0 Å². The van der Waals surface area contributed by atoms with Gasteiger partial charge in [-0.15, -0.1) is 11.3 Å². The van der Waals surface area contributed by atoms with Crippen LogP contribution in [0.1, 0.15) is 66.3 Å². The largest absolute Gasteiger partial charge is 0.265 e. The predicted molar refractivity (Wildman–Crippen MR) is 470 cm³/mol.